The van der Waals surface area contributed by atoms with Crippen molar-refractivity contribution in [2.24, 2.45) is 11.3 Å². The molecule has 1 aliphatic carbocycles. The maximum Gasteiger partial charge on any atom is 0.228 e. The topological polar surface area (TPSA) is 71.8 Å². The van der Waals surface area contributed by atoms with Crippen molar-refractivity contribution < 1.29 is 4.79 Å². The number of aromatic nitrogens is 3. The average molecular weight is 420 g/mol. The number of anilines is 1. The van der Waals surface area contributed by atoms with Gasteiger partial charge in [0.25, 0.3) is 0 Å². The highest BCUT2D eigenvalue weighted by molar-refractivity contribution is 5.95. The number of halogens is 2. The number of hydrogen-bond donors (Lipinski definition) is 2. The Bertz CT molecular complexity index is 966. The Morgan fingerprint density at radius 2 is 1.89 bits per heavy atom. The van der Waals surface area contributed by atoms with Gasteiger partial charge < -0.3 is 10.6 Å². The number of nitrogens with zero attached hydrogens (tertiary/aromatic N) is 3. The van der Waals surface area contributed by atoms with Gasteiger partial charge in [0, 0.05) is 5.92 Å². The van der Waals surface area contributed by atoms with Crippen LogP contribution in [0.1, 0.15) is 19.3 Å². The standard InChI is InChI=1S/C20H21N5O.2ClH/c26-19(15-11-20(15)7-9-21-10-8-20)24-14-5-6-18(22-12-14)25-13-23-16-3-1-2-4-17(16)25;;/h1-6,12-13,15,21H,7-11H2,(H,24,26);2*1H. The summed E-state index contributed by atoms with van der Waals surface area (Å²) in [6.45, 7) is 2.05. The van der Waals surface area contributed by atoms with Crippen molar-refractivity contribution in [1.82, 2.24) is 19.9 Å². The van der Waals surface area contributed by atoms with Gasteiger partial charge in [0.1, 0.15) is 12.1 Å². The first-order valence-electron chi connectivity index (χ1n) is 9.15. The number of fused-ring (bicyclic) bond motifs is 1. The zero-order chi connectivity index (χ0) is 17.6. The molecule has 2 aliphatic rings. The van der Waals surface area contributed by atoms with Crippen molar-refractivity contribution >= 4 is 47.4 Å². The lowest BCUT2D eigenvalue weighted by atomic mass is 9.92. The summed E-state index contributed by atoms with van der Waals surface area (Å²) in [7, 11) is 0. The summed E-state index contributed by atoms with van der Waals surface area (Å²) < 4.78 is 1.95. The van der Waals surface area contributed by atoms with Gasteiger partial charge in [-0.25, -0.2) is 9.97 Å². The molecule has 1 unspecified atom stereocenters. The predicted molar refractivity (Wildman–Crippen MR) is 115 cm³/mol. The first-order chi connectivity index (χ1) is 12.8. The van der Waals surface area contributed by atoms with Crippen molar-refractivity contribution in [1.29, 1.82) is 0 Å². The minimum Gasteiger partial charge on any atom is -0.324 e. The maximum absolute atomic E-state index is 12.6. The molecule has 2 N–H and O–H groups in total. The molecule has 2 fully saturated rings. The molecule has 0 radical (unpaired) electrons. The van der Waals surface area contributed by atoms with Crippen molar-refractivity contribution in [2.75, 3.05) is 18.4 Å². The number of imidazole rings is 1. The summed E-state index contributed by atoms with van der Waals surface area (Å²) in [5.41, 5.74) is 2.95. The second-order valence-electron chi connectivity index (χ2n) is 7.37. The summed E-state index contributed by atoms with van der Waals surface area (Å²) in [4.78, 5) is 21.5. The van der Waals surface area contributed by atoms with E-state index >= 15 is 0 Å². The Morgan fingerprint density at radius 3 is 2.64 bits per heavy atom. The van der Waals surface area contributed by atoms with E-state index in [-0.39, 0.29) is 42.1 Å². The molecule has 8 heteroatoms. The molecule has 1 aliphatic heterocycles. The van der Waals surface area contributed by atoms with Crippen molar-refractivity contribution in [2.45, 2.75) is 19.3 Å². The van der Waals surface area contributed by atoms with Crippen LogP contribution < -0.4 is 10.6 Å². The second kappa shape index (κ2) is 8.07. The number of para-hydroxylation sites is 2. The van der Waals surface area contributed by atoms with Crippen LogP contribution in [-0.4, -0.2) is 33.5 Å². The minimum atomic E-state index is 0. The van der Waals surface area contributed by atoms with Gasteiger partial charge in [0.2, 0.25) is 5.91 Å². The lowest BCUT2D eigenvalue weighted by Crippen LogP contribution is -2.31. The average Bonchev–Trinajstić information content (AvgIpc) is 3.20. The molecule has 148 valence electrons. The first-order valence-corrected chi connectivity index (χ1v) is 9.15. The lowest BCUT2D eigenvalue weighted by molar-refractivity contribution is -0.118. The number of pyridine rings is 1. The van der Waals surface area contributed by atoms with Gasteiger partial charge in [-0.2, -0.15) is 0 Å². The lowest BCUT2D eigenvalue weighted by Gasteiger charge is -2.23. The van der Waals surface area contributed by atoms with Crippen LogP contribution in [0.25, 0.3) is 16.9 Å². The molecule has 1 aromatic carbocycles. The highest BCUT2D eigenvalue weighted by atomic mass is 35.5. The molecule has 1 saturated carbocycles. The van der Waals surface area contributed by atoms with Crippen LogP contribution in [0.4, 0.5) is 5.69 Å². The smallest absolute Gasteiger partial charge is 0.228 e. The summed E-state index contributed by atoms with van der Waals surface area (Å²) in [5, 5.41) is 6.41. The quantitative estimate of drug-likeness (QED) is 0.680. The third kappa shape index (κ3) is 3.60. The number of hydrogen-bond acceptors (Lipinski definition) is 4. The van der Waals surface area contributed by atoms with E-state index in [1.807, 2.05) is 41.0 Å². The van der Waals surface area contributed by atoms with Crippen LogP contribution >= 0.6 is 24.8 Å². The molecule has 0 bridgehead atoms. The molecule has 28 heavy (non-hydrogen) atoms. The highest BCUT2D eigenvalue weighted by Crippen LogP contribution is 2.58. The van der Waals surface area contributed by atoms with E-state index < -0.39 is 0 Å². The Kier molecular flexibility index (Phi) is 5.93. The molecule has 2 aromatic heterocycles. The summed E-state index contributed by atoms with van der Waals surface area (Å²) in [6, 6.07) is 11.8. The van der Waals surface area contributed by atoms with E-state index in [4.69, 9.17) is 0 Å². The Balaban J connectivity index is 0.00000112. The van der Waals surface area contributed by atoms with Gasteiger partial charge in [-0.3, -0.25) is 9.36 Å². The number of piperidine rings is 1. The first kappa shape index (κ1) is 20.6. The SMILES string of the molecule is Cl.Cl.O=C(Nc1ccc(-n2cnc3ccccc32)nc1)C1CC12CCNCC2. The fourth-order valence-corrected chi connectivity index (χ4v) is 4.17. The molecule has 1 atom stereocenters. The van der Waals surface area contributed by atoms with Gasteiger partial charge >= 0.3 is 0 Å². The normalized spacial score (nSPS) is 19.5. The fourth-order valence-electron chi connectivity index (χ4n) is 4.17. The monoisotopic (exact) mass is 419 g/mol. The van der Waals surface area contributed by atoms with Crippen LogP contribution in [0.3, 0.4) is 0 Å². The number of carbonyl (C=O) groups excluding carboxylic acids is 1. The molecule has 5 rings (SSSR count). The van der Waals surface area contributed by atoms with E-state index in [1.165, 1.54) is 0 Å². The van der Waals surface area contributed by atoms with Crippen LogP contribution in [-0.2, 0) is 4.79 Å². The number of amides is 1. The van der Waals surface area contributed by atoms with E-state index in [0.717, 1.165) is 54.9 Å². The van der Waals surface area contributed by atoms with Gasteiger partial charge in [-0.1, -0.05) is 12.1 Å². The molecule has 1 amide bonds. The number of nitrogens with one attached hydrogen (secondary N) is 2. The molecule has 6 nitrogen and oxygen atoms in total. The van der Waals surface area contributed by atoms with Crippen LogP contribution in [0.2, 0.25) is 0 Å². The summed E-state index contributed by atoms with van der Waals surface area (Å²) >= 11 is 0. The van der Waals surface area contributed by atoms with Crippen LogP contribution in [0.5, 0.6) is 0 Å². The van der Waals surface area contributed by atoms with Crippen molar-refractivity contribution in [3.05, 3.63) is 48.9 Å². The summed E-state index contributed by atoms with van der Waals surface area (Å²) in [5.74, 6) is 1.08. The van der Waals surface area contributed by atoms with Crippen LogP contribution in [0, 0.1) is 11.3 Å². The Morgan fingerprint density at radius 1 is 1.11 bits per heavy atom. The van der Waals surface area contributed by atoms with Crippen molar-refractivity contribution in [3.63, 3.8) is 0 Å². The molecular formula is C20H23Cl2N5O. The van der Waals surface area contributed by atoms with E-state index in [9.17, 15) is 4.79 Å². The zero-order valence-electron chi connectivity index (χ0n) is 15.3. The maximum atomic E-state index is 12.6. The van der Waals surface area contributed by atoms with Crippen LogP contribution in [0.15, 0.2) is 48.9 Å². The third-order valence-electron chi connectivity index (χ3n) is 5.82. The van der Waals surface area contributed by atoms with Gasteiger partial charge in [0.15, 0.2) is 0 Å². The van der Waals surface area contributed by atoms with E-state index in [1.54, 1.807) is 12.5 Å². The third-order valence-corrected chi connectivity index (χ3v) is 5.82. The van der Waals surface area contributed by atoms with Crippen molar-refractivity contribution in [3.8, 4) is 5.82 Å². The van der Waals surface area contributed by atoms with Gasteiger partial charge in [-0.15, -0.1) is 24.8 Å². The molecule has 1 spiro atoms. The summed E-state index contributed by atoms with van der Waals surface area (Å²) in [6.07, 6.45) is 6.73. The largest absolute Gasteiger partial charge is 0.324 e. The second-order valence-corrected chi connectivity index (χ2v) is 7.37. The predicted octanol–water partition coefficient (Wildman–Crippen LogP) is 3.59. The van der Waals surface area contributed by atoms with Gasteiger partial charge in [-0.05, 0) is 62.0 Å². The zero-order valence-corrected chi connectivity index (χ0v) is 16.9. The van der Waals surface area contributed by atoms with Gasteiger partial charge in [0.05, 0.1) is 22.9 Å². The fraction of sp³-hybridized carbons (Fsp3) is 0.350. The molecule has 1 saturated heterocycles. The Labute approximate surface area is 176 Å². The number of benzene rings is 1. The highest BCUT2D eigenvalue weighted by Gasteiger charge is 2.57. The minimum absolute atomic E-state index is 0. The van der Waals surface area contributed by atoms with E-state index in [2.05, 4.69) is 20.6 Å². The number of carbonyl (C=O) groups is 1. The Hall–Kier alpha value is -2.15. The number of rotatable bonds is 3. The molecule has 3 aromatic rings. The molecular weight excluding hydrogens is 397 g/mol. The molecule has 3 heterocycles. The van der Waals surface area contributed by atoms with E-state index in [0.29, 0.717) is 0 Å².